The molecule has 0 bridgehead atoms. The Hall–Kier alpha value is -4.60. The average molecular weight is 543 g/mol. The van der Waals surface area contributed by atoms with Gasteiger partial charge >= 0.3 is 0 Å². The van der Waals surface area contributed by atoms with Crippen LogP contribution < -0.4 is 25.0 Å². The molecule has 5 aromatic heterocycles. The van der Waals surface area contributed by atoms with E-state index in [1.54, 1.807) is 0 Å². The van der Waals surface area contributed by atoms with Gasteiger partial charge in [0, 0.05) is 82.9 Å². The van der Waals surface area contributed by atoms with Crippen LogP contribution in [0.5, 0.6) is 0 Å². The summed E-state index contributed by atoms with van der Waals surface area (Å²) in [6, 6.07) is 21.7. The summed E-state index contributed by atoms with van der Waals surface area (Å²) in [6.07, 6.45) is 4.17. The van der Waals surface area contributed by atoms with Crippen LogP contribution in [0.15, 0.2) is 73.1 Å². The highest BCUT2D eigenvalue weighted by Gasteiger charge is 2.24. The van der Waals surface area contributed by atoms with Crippen molar-refractivity contribution in [1.82, 2.24) is 23.4 Å². The van der Waals surface area contributed by atoms with Gasteiger partial charge in [-0.05, 0) is 60.7 Å². The molecule has 10 heteroatoms. The first-order valence-corrected chi connectivity index (χ1v) is 13.4. The Morgan fingerprint density at radius 2 is 0.575 bits per heavy atom. The number of aromatic nitrogens is 5. The van der Waals surface area contributed by atoms with Gasteiger partial charge in [-0.15, -0.1) is 0 Å². The smallest absolute Gasteiger partial charge is 0.0886 e. The molecule has 0 unspecified atom stereocenters. The maximum absolute atomic E-state index is 2.29. The van der Waals surface area contributed by atoms with E-state index in [4.69, 9.17) is 0 Å². The summed E-state index contributed by atoms with van der Waals surface area (Å²) in [6.45, 7) is 0. The van der Waals surface area contributed by atoms with Crippen molar-refractivity contribution >= 4 is 0 Å². The summed E-state index contributed by atoms with van der Waals surface area (Å²) >= 11 is 0. The summed E-state index contributed by atoms with van der Waals surface area (Å²) in [5.41, 5.74) is 8.92. The van der Waals surface area contributed by atoms with Crippen molar-refractivity contribution in [1.29, 1.82) is 0 Å². The molecule has 5 aromatic rings. The minimum absolute atomic E-state index is 1.10. The standard InChI is InChI=1S/C30H42N10/c1-31(2)36-21-11-13-23(36)25-15-17-27(38(25)33(5)6)29-19-20-30(40(29)35(9)10)28-18-16-26(39(28)34(7)8)24-14-12-22-37(24)32(3)4/h11-22H,1-10H3. The summed E-state index contributed by atoms with van der Waals surface area (Å²) in [7, 11) is 20.8. The number of rotatable bonds is 9. The number of nitrogens with zero attached hydrogens (tertiary/aromatic N) is 10. The highest BCUT2D eigenvalue weighted by atomic mass is 15.6. The fourth-order valence-electron chi connectivity index (χ4n) is 5.59. The molecule has 0 aliphatic heterocycles. The zero-order valence-electron chi connectivity index (χ0n) is 25.4. The molecule has 0 amide bonds. The van der Waals surface area contributed by atoms with E-state index >= 15 is 0 Å². The molecular formula is C30H42N10. The first kappa shape index (κ1) is 27.0. The molecule has 40 heavy (non-hydrogen) atoms. The first-order valence-electron chi connectivity index (χ1n) is 13.4. The van der Waals surface area contributed by atoms with Crippen molar-refractivity contribution in [2.75, 3.05) is 95.5 Å². The van der Waals surface area contributed by atoms with Gasteiger partial charge in [0.2, 0.25) is 0 Å². The van der Waals surface area contributed by atoms with Crippen molar-refractivity contribution in [3.05, 3.63) is 73.1 Å². The molecule has 0 N–H and O–H groups in total. The SMILES string of the molecule is CN(C)n1cccc1-c1ccc(-c2ccc(-c3ccc(-c4cccn4N(C)C)n3N(C)C)n2N(C)C)n1N(C)C. The van der Waals surface area contributed by atoms with E-state index < -0.39 is 0 Å². The highest BCUT2D eigenvalue weighted by Crippen LogP contribution is 2.35. The van der Waals surface area contributed by atoms with E-state index in [1.165, 1.54) is 0 Å². The topological polar surface area (TPSA) is 40.9 Å². The summed E-state index contributed by atoms with van der Waals surface area (Å²) in [4.78, 5) is 0. The third kappa shape index (κ3) is 4.29. The molecular weight excluding hydrogens is 500 g/mol. The van der Waals surface area contributed by atoms with E-state index in [9.17, 15) is 0 Å². The van der Waals surface area contributed by atoms with Gasteiger partial charge in [-0.2, -0.15) is 0 Å². The minimum Gasteiger partial charge on any atom is -0.319 e. The van der Waals surface area contributed by atoms with Crippen LogP contribution in [0, 0.1) is 0 Å². The lowest BCUT2D eigenvalue weighted by molar-refractivity contribution is 0.694. The van der Waals surface area contributed by atoms with Crippen molar-refractivity contribution < 1.29 is 0 Å². The summed E-state index contributed by atoms with van der Waals surface area (Å²) in [5.74, 6) is 0. The van der Waals surface area contributed by atoms with Gasteiger partial charge in [-0.3, -0.25) is 23.4 Å². The molecule has 0 saturated heterocycles. The number of hydrogen-bond donors (Lipinski definition) is 0. The molecule has 212 valence electrons. The third-order valence-corrected chi connectivity index (χ3v) is 7.13. The van der Waals surface area contributed by atoms with Crippen LogP contribution in [0.2, 0.25) is 0 Å². The Balaban J connectivity index is 1.69. The van der Waals surface area contributed by atoms with Crippen LogP contribution in [0.25, 0.3) is 45.6 Å². The van der Waals surface area contributed by atoms with Crippen LogP contribution in [-0.4, -0.2) is 93.9 Å². The Bertz CT molecular complexity index is 1480. The zero-order valence-corrected chi connectivity index (χ0v) is 25.4. The maximum Gasteiger partial charge on any atom is 0.0886 e. The Kier molecular flexibility index (Phi) is 6.87. The molecule has 10 nitrogen and oxygen atoms in total. The molecule has 0 aliphatic rings. The van der Waals surface area contributed by atoms with E-state index in [2.05, 4.69) is 192 Å². The molecule has 0 atom stereocenters. The van der Waals surface area contributed by atoms with E-state index in [1.807, 2.05) is 0 Å². The first-order chi connectivity index (χ1) is 19.0. The molecule has 0 fully saturated rings. The van der Waals surface area contributed by atoms with Gasteiger partial charge < -0.3 is 25.0 Å². The lowest BCUT2D eigenvalue weighted by Gasteiger charge is -2.28. The second-order valence-corrected chi connectivity index (χ2v) is 11.0. The third-order valence-electron chi connectivity index (χ3n) is 7.13. The molecule has 0 aromatic carbocycles. The van der Waals surface area contributed by atoms with Crippen LogP contribution >= 0.6 is 0 Å². The monoisotopic (exact) mass is 542 g/mol. The van der Waals surface area contributed by atoms with Crippen LogP contribution in [0.1, 0.15) is 0 Å². The Morgan fingerprint density at radius 1 is 0.325 bits per heavy atom. The van der Waals surface area contributed by atoms with Crippen molar-refractivity contribution in [3.63, 3.8) is 0 Å². The van der Waals surface area contributed by atoms with Crippen LogP contribution in [0.4, 0.5) is 0 Å². The van der Waals surface area contributed by atoms with Gasteiger partial charge in [0.1, 0.15) is 0 Å². The molecule has 0 radical (unpaired) electrons. The normalized spacial score (nSPS) is 11.2. The van der Waals surface area contributed by atoms with E-state index in [0.717, 1.165) is 45.6 Å². The fourth-order valence-corrected chi connectivity index (χ4v) is 5.59. The average Bonchev–Trinajstić information content (AvgIpc) is 3.69. The molecule has 0 aliphatic carbocycles. The number of hydrogen-bond acceptors (Lipinski definition) is 5. The highest BCUT2D eigenvalue weighted by molar-refractivity contribution is 5.74. The summed E-state index contributed by atoms with van der Waals surface area (Å²) < 4.78 is 11.1. The van der Waals surface area contributed by atoms with Crippen LogP contribution in [-0.2, 0) is 0 Å². The van der Waals surface area contributed by atoms with E-state index in [0.29, 0.717) is 0 Å². The van der Waals surface area contributed by atoms with Gasteiger partial charge in [-0.1, -0.05) is 0 Å². The molecule has 0 saturated carbocycles. The predicted octanol–water partition coefficient (Wildman–Crippen LogP) is 3.35. The zero-order chi connectivity index (χ0) is 28.9. The quantitative estimate of drug-likeness (QED) is 0.286. The Morgan fingerprint density at radius 3 is 0.800 bits per heavy atom. The summed E-state index contributed by atoms with van der Waals surface area (Å²) in [5, 5.41) is 10.6. The lowest BCUT2D eigenvalue weighted by Crippen LogP contribution is -2.32. The van der Waals surface area contributed by atoms with Gasteiger partial charge in [0.25, 0.3) is 0 Å². The van der Waals surface area contributed by atoms with Gasteiger partial charge in [-0.25, -0.2) is 0 Å². The van der Waals surface area contributed by atoms with Gasteiger partial charge in [0.05, 0.1) is 45.6 Å². The largest absolute Gasteiger partial charge is 0.319 e. The van der Waals surface area contributed by atoms with Crippen molar-refractivity contribution in [3.8, 4) is 45.6 Å². The predicted molar refractivity (Wildman–Crippen MR) is 168 cm³/mol. The van der Waals surface area contributed by atoms with E-state index in [-0.39, 0.29) is 0 Å². The van der Waals surface area contributed by atoms with Crippen molar-refractivity contribution in [2.24, 2.45) is 0 Å². The minimum atomic E-state index is 1.10. The molecule has 5 rings (SSSR count). The second-order valence-electron chi connectivity index (χ2n) is 11.0. The molecule has 0 spiro atoms. The van der Waals surface area contributed by atoms with Crippen molar-refractivity contribution in [2.45, 2.75) is 0 Å². The fraction of sp³-hybridized carbons (Fsp3) is 0.333. The lowest BCUT2D eigenvalue weighted by atomic mass is 10.3. The maximum atomic E-state index is 2.29. The van der Waals surface area contributed by atoms with Gasteiger partial charge in [0.15, 0.2) is 0 Å². The van der Waals surface area contributed by atoms with Crippen LogP contribution in [0.3, 0.4) is 0 Å². The Labute approximate surface area is 237 Å². The second kappa shape index (κ2) is 10.2. The molecule has 5 heterocycles.